The van der Waals surface area contributed by atoms with Crippen LogP contribution in [0.4, 0.5) is 13.2 Å². The van der Waals surface area contributed by atoms with Crippen LogP contribution >= 0.6 is 0 Å². The minimum absolute atomic E-state index is 0.115. The molecule has 0 saturated heterocycles. The van der Waals surface area contributed by atoms with Crippen molar-refractivity contribution < 1.29 is 42.3 Å². The molecule has 0 fully saturated rings. The molecule has 3 amide bonds. The molecule has 0 aromatic heterocycles. The van der Waals surface area contributed by atoms with Gasteiger partial charge in [0.15, 0.2) is 0 Å². The highest BCUT2D eigenvalue weighted by Crippen LogP contribution is 2.13. The predicted molar refractivity (Wildman–Crippen MR) is 155 cm³/mol. The average Bonchev–Trinajstić information content (AvgIpc) is 3.00. The lowest BCUT2D eigenvalue weighted by Crippen LogP contribution is -2.56. The number of carboxylic acids is 1. The maximum absolute atomic E-state index is 13.4. The number of hydrogen-bond acceptors (Lipinski definition) is 6. The standard InChI is InChI=1S/C29H32N4O4.C2HF3O2/c1-20(30)27(35)33-25(18-22-13-7-3-8-14-22)28(36)32-24(17-21-11-5-2-6-12-21)26(34)29(37)31-19-23-15-9-4-10-16-23;3-2(4,5)1(6)7/h2-16,20,24-25H,17-19,30H2,1H3,(H,31,37)(H,32,36)(H,33,35);(H,6,7)/t20-,24-,25-;/m0./s1. The van der Waals surface area contributed by atoms with Crippen molar-refractivity contribution in [2.45, 2.75) is 50.6 Å². The number of carboxylic acid groups (broad SMARTS) is 1. The van der Waals surface area contributed by atoms with Crippen molar-refractivity contribution in [2.75, 3.05) is 0 Å². The van der Waals surface area contributed by atoms with E-state index in [0.717, 1.165) is 16.7 Å². The van der Waals surface area contributed by atoms with Crippen LogP contribution in [0.25, 0.3) is 0 Å². The first kappa shape index (κ1) is 35.2. The summed E-state index contributed by atoms with van der Waals surface area (Å²) in [6.45, 7) is 1.70. The Morgan fingerprint density at radius 2 is 1.09 bits per heavy atom. The van der Waals surface area contributed by atoms with Crippen LogP contribution in [0.2, 0.25) is 0 Å². The minimum Gasteiger partial charge on any atom is -0.475 e. The highest BCUT2D eigenvalue weighted by molar-refractivity contribution is 6.38. The molecule has 0 saturated carbocycles. The number of Topliss-reactive ketones (excluding diaryl/α,β-unsaturated/α-hetero) is 1. The molecule has 10 nitrogen and oxygen atoms in total. The van der Waals surface area contributed by atoms with E-state index in [4.69, 9.17) is 15.6 Å². The Morgan fingerprint density at radius 1 is 0.705 bits per heavy atom. The smallest absolute Gasteiger partial charge is 0.475 e. The molecule has 0 aliphatic carbocycles. The SMILES string of the molecule is C[C@H](N)C(=O)N[C@@H](Cc1ccccc1)C(=O)N[C@@H](Cc1ccccc1)C(=O)C(=O)NCc1ccccc1.O=C(O)C(F)(F)F. The molecule has 0 heterocycles. The van der Waals surface area contributed by atoms with E-state index in [1.54, 1.807) is 0 Å². The number of halogens is 3. The first-order chi connectivity index (χ1) is 20.8. The van der Waals surface area contributed by atoms with Crippen LogP contribution in [0.3, 0.4) is 0 Å². The van der Waals surface area contributed by atoms with Crippen molar-refractivity contribution in [1.29, 1.82) is 0 Å². The quantitative estimate of drug-likeness (QED) is 0.195. The summed E-state index contributed by atoms with van der Waals surface area (Å²) < 4.78 is 31.7. The molecule has 0 spiro atoms. The zero-order valence-electron chi connectivity index (χ0n) is 23.7. The third kappa shape index (κ3) is 12.4. The van der Waals surface area contributed by atoms with Crippen molar-refractivity contribution in [2.24, 2.45) is 5.73 Å². The summed E-state index contributed by atoms with van der Waals surface area (Å²) in [6, 6.07) is 24.5. The lowest BCUT2D eigenvalue weighted by atomic mass is 10.00. The van der Waals surface area contributed by atoms with E-state index in [0.29, 0.717) is 0 Å². The second kappa shape index (κ2) is 17.2. The van der Waals surface area contributed by atoms with Crippen molar-refractivity contribution in [3.63, 3.8) is 0 Å². The molecule has 3 atom stereocenters. The van der Waals surface area contributed by atoms with E-state index in [9.17, 15) is 32.3 Å². The fourth-order valence-corrected chi connectivity index (χ4v) is 3.72. The highest BCUT2D eigenvalue weighted by atomic mass is 19.4. The van der Waals surface area contributed by atoms with Crippen LogP contribution in [-0.4, -0.2) is 58.9 Å². The highest BCUT2D eigenvalue weighted by Gasteiger charge is 2.38. The average molecular weight is 615 g/mol. The molecule has 13 heteroatoms. The zero-order valence-corrected chi connectivity index (χ0v) is 23.7. The van der Waals surface area contributed by atoms with E-state index in [1.165, 1.54) is 6.92 Å². The second-order valence-corrected chi connectivity index (χ2v) is 9.63. The molecule has 0 aliphatic heterocycles. The van der Waals surface area contributed by atoms with Gasteiger partial charge in [0.05, 0.1) is 6.04 Å². The van der Waals surface area contributed by atoms with Gasteiger partial charge < -0.3 is 26.8 Å². The normalized spacial score (nSPS) is 12.8. The largest absolute Gasteiger partial charge is 0.490 e. The van der Waals surface area contributed by atoms with Crippen LogP contribution in [0.5, 0.6) is 0 Å². The summed E-state index contributed by atoms with van der Waals surface area (Å²) in [5.41, 5.74) is 8.13. The molecular formula is C31H33F3N4O6. The molecule has 0 unspecified atom stereocenters. The van der Waals surface area contributed by atoms with Gasteiger partial charge in [-0.2, -0.15) is 13.2 Å². The molecular weight excluding hydrogens is 581 g/mol. The van der Waals surface area contributed by atoms with Crippen LogP contribution in [-0.2, 0) is 43.4 Å². The molecule has 3 aromatic carbocycles. The van der Waals surface area contributed by atoms with Gasteiger partial charge in [0.1, 0.15) is 12.1 Å². The van der Waals surface area contributed by atoms with E-state index >= 15 is 0 Å². The number of benzene rings is 3. The van der Waals surface area contributed by atoms with E-state index in [1.807, 2.05) is 91.0 Å². The first-order valence-corrected chi connectivity index (χ1v) is 13.4. The first-order valence-electron chi connectivity index (χ1n) is 13.4. The van der Waals surface area contributed by atoms with Crippen molar-refractivity contribution in [3.8, 4) is 0 Å². The summed E-state index contributed by atoms with van der Waals surface area (Å²) >= 11 is 0. The van der Waals surface area contributed by atoms with E-state index in [2.05, 4.69) is 16.0 Å². The number of alkyl halides is 3. The number of aliphatic carboxylic acids is 1. The molecule has 0 radical (unpaired) electrons. The zero-order chi connectivity index (χ0) is 32.7. The maximum atomic E-state index is 13.4. The number of rotatable bonds is 12. The molecule has 3 aromatic rings. The van der Waals surface area contributed by atoms with Gasteiger partial charge in [0.25, 0.3) is 5.91 Å². The number of amides is 3. The van der Waals surface area contributed by atoms with Crippen LogP contribution < -0.4 is 21.7 Å². The molecule has 0 bridgehead atoms. The molecule has 44 heavy (non-hydrogen) atoms. The second-order valence-electron chi connectivity index (χ2n) is 9.63. The van der Waals surface area contributed by atoms with Gasteiger partial charge in [-0.25, -0.2) is 4.79 Å². The monoisotopic (exact) mass is 614 g/mol. The molecule has 6 N–H and O–H groups in total. The van der Waals surface area contributed by atoms with Crippen LogP contribution in [0.15, 0.2) is 91.0 Å². The van der Waals surface area contributed by atoms with Gasteiger partial charge >= 0.3 is 12.1 Å². The van der Waals surface area contributed by atoms with E-state index in [-0.39, 0.29) is 19.4 Å². The number of nitrogens with one attached hydrogen (secondary N) is 3. The van der Waals surface area contributed by atoms with Gasteiger partial charge in [-0.1, -0.05) is 91.0 Å². The maximum Gasteiger partial charge on any atom is 0.490 e. The summed E-state index contributed by atoms with van der Waals surface area (Å²) in [5.74, 6) is -5.41. The van der Waals surface area contributed by atoms with E-state index < -0.39 is 53.8 Å². The fraction of sp³-hybridized carbons (Fsp3) is 0.258. The van der Waals surface area contributed by atoms with Gasteiger partial charge in [-0.05, 0) is 23.6 Å². The lowest BCUT2D eigenvalue weighted by molar-refractivity contribution is -0.192. The summed E-state index contributed by atoms with van der Waals surface area (Å²) in [4.78, 5) is 60.5. The predicted octanol–water partition coefficient (Wildman–Crippen LogP) is 2.31. The van der Waals surface area contributed by atoms with Gasteiger partial charge in [-0.15, -0.1) is 0 Å². The molecule has 0 aliphatic rings. The Hall–Kier alpha value is -5.04. The summed E-state index contributed by atoms with van der Waals surface area (Å²) in [6.07, 6.45) is -4.78. The van der Waals surface area contributed by atoms with Crippen molar-refractivity contribution in [3.05, 3.63) is 108 Å². The molecule has 234 valence electrons. The Kier molecular flexibility index (Phi) is 13.7. The fourth-order valence-electron chi connectivity index (χ4n) is 3.72. The summed E-state index contributed by atoms with van der Waals surface area (Å²) in [7, 11) is 0. The Balaban J connectivity index is 0.000000860. The van der Waals surface area contributed by atoms with Crippen molar-refractivity contribution in [1.82, 2.24) is 16.0 Å². The Labute approximate surface area is 251 Å². The summed E-state index contributed by atoms with van der Waals surface area (Å²) in [5, 5.41) is 15.1. The number of carbonyl (C=O) groups is 5. The Morgan fingerprint density at radius 3 is 1.50 bits per heavy atom. The third-order valence-electron chi connectivity index (χ3n) is 6.01. The number of ketones is 1. The van der Waals surface area contributed by atoms with Gasteiger partial charge in [-0.3, -0.25) is 19.2 Å². The van der Waals surface area contributed by atoms with Crippen molar-refractivity contribution >= 4 is 29.5 Å². The topological polar surface area (TPSA) is 168 Å². The third-order valence-corrected chi connectivity index (χ3v) is 6.01. The minimum atomic E-state index is -5.08. The number of hydrogen-bond donors (Lipinski definition) is 5. The molecule has 3 rings (SSSR count). The Bertz CT molecular complexity index is 1390. The lowest BCUT2D eigenvalue weighted by Gasteiger charge is -2.23. The van der Waals surface area contributed by atoms with Crippen LogP contribution in [0, 0.1) is 0 Å². The van der Waals surface area contributed by atoms with Gasteiger partial charge in [0.2, 0.25) is 17.6 Å². The number of carbonyl (C=O) groups excluding carboxylic acids is 4. The number of nitrogens with two attached hydrogens (primary N) is 1. The van der Waals surface area contributed by atoms with Gasteiger partial charge in [0, 0.05) is 19.4 Å². The van der Waals surface area contributed by atoms with Crippen LogP contribution in [0.1, 0.15) is 23.6 Å².